The van der Waals surface area contributed by atoms with Crippen LogP contribution in [0.2, 0.25) is 0 Å². The number of rotatable bonds is 5. The van der Waals surface area contributed by atoms with Gasteiger partial charge in [0.1, 0.15) is 11.6 Å². The van der Waals surface area contributed by atoms with E-state index < -0.39 is 0 Å². The molecule has 1 aliphatic rings. The second-order valence-corrected chi connectivity index (χ2v) is 6.81. The van der Waals surface area contributed by atoms with Crippen molar-refractivity contribution >= 4 is 17.5 Å². The number of methoxy groups -OCH3 is 1. The van der Waals surface area contributed by atoms with Crippen LogP contribution in [-0.4, -0.2) is 33.4 Å². The number of hydrogen-bond acceptors (Lipinski definition) is 5. The third kappa shape index (κ3) is 3.35. The van der Waals surface area contributed by atoms with Crippen LogP contribution in [0.4, 0.5) is 4.39 Å². The van der Waals surface area contributed by atoms with Gasteiger partial charge in [0.15, 0.2) is 5.82 Å². The fourth-order valence-corrected chi connectivity index (χ4v) is 3.72. The van der Waals surface area contributed by atoms with Gasteiger partial charge in [-0.3, -0.25) is 0 Å². The highest BCUT2D eigenvalue weighted by atomic mass is 32.2. The van der Waals surface area contributed by atoms with Crippen molar-refractivity contribution in [2.75, 3.05) is 12.9 Å². The summed E-state index contributed by atoms with van der Waals surface area (Å²) in [6.45, 7) is 0. The van der Waals surface area contributed by atoms with E-state index in [0.29, 0.717) is 12.2 Å². The molecule has 0 bridgehead atoms. The Morgan fingerprint density at radius 2 is 1.88 bits per heavy atom. The molecule has 0 fully saturated rings. The minimum Gasteiger partial charge on any atom is -0.496 e. The standard InChI is InChI=1S/C19H17FN4OS/c1-25-17-5-3-2-4-14(17)8-11-18-21-22-19-24(18)23-16(12-26-19)13-6-9-15(20)10-7-13/h2-7,9-10H,8,11-12H2,1H3. The highest BCUT2D eigenvalue weighted by Crippen LogP contribution is 2.25. The molecule has 0 saturated heterocycles. The summed E-state index contributed by atoms with van der Waals surface area (Å²) in [6.07, 6.45) is 1.49. The third-order valence-corrected chi connectivity index (χ3v) is 5.15. The summed E-state index contributed by atoms with van der Waals surface area (Å²) in [7, 11) is 1.67. The number of ether oxygens (including phenoxy) is 1. The van der Waals surface area contributed by atoms with Crippen LogP contribution in [0.15, 0.2) is 58.8 Å². The van der Waals surface area contributed by atoms with E-state index in [-0.39, 0.29) is 5.82 Å². The molecule has 7 heteroatoms. The van der Waals surface area contributed by atoms with Gasteiger partial charge in [0.25, 0.3) is 0 Å². The molecule has 0 radical (unpaired) electrons. The van der Waals surface area contributed by atoms with Crippen LogP contribution in [0.3, 0.4) is 0 Å². The Balaban J connectivity index is 1.58. The number of benzene rings is 2. The van der Waals surface area contributed by atoms with Crippen molar-refractivity contribution in [2.45, 2.75) is 18.0 Å². The second-order valence-electron chi connectivity index (χ2n) is 5.86. The normalized spacial score (nSPS) is 13.2. The zero-order valence-electron chi connectivity index (χ0n) is 14.2. The van der Waals surface area contributed by atoms with E-state index in [1.165, 1.54) is 12.1 Å². The van der Waals surface area contributed by atoms with E-state index in [4.69, 9.17) is 9.84 Å². The molecule has 2 aromatic carbocycles. The van der Waals surface area contributed by atoms with Crippen LogP contribution in [0.5, 0.6) is 5.75 Å². The maximum Gasteiger partial charge on any atom is 0.212 e. The van der Waals surface area contributed by atoms with Gasteiger partial charge in [-0.2, -0.15) is 9.78 Å². The second kappa shape index (κ2) is 7.29. The van der Waals surface area contributed by atoms with Crippen molar-refractivity contribution in [3.8, 4) is 5.75 Å². The van der Waals surface area contributed by atoms with E-state index in [9.17, 15) is 4.39 Å². The molecule has 0 saturated carbocycles. The van der Waals surface area contributed by atoms with Crippen LogP contribution in [-0.2, 0) is 12.8 Å². The number of aryl methyl sites for hydroxylation is 2. The summed E-state index contributed by atoms with van der Waals surface area (Å²) in [5, 5.41) is 14.0. The summed E-state index contributed by atoms with van der Waals surface area (Å²) < 4.78 is 20.4. The number of para-hydroxylation sites is 1. The van der Waals surface area contributed by atoms with Crippen molar-refractivity contribution in [3.63, 3.8) is 0 Å². The zero-order valence-corrected chi connectivity index (χ0v) is 15.0. The Hall–Kier alpha value is -2.67. The Bertz CT molecular complexity index is 952. The third-order valence-electron chi connectivity index (χ3n) is 4.22. The summed E-state index contributed by atoms with van der Waals surface area (Å²) in [6, 6.07) is 14.4. The Kier molecular flexibility index (Phi) is 4.71. The smallest absolute Gasteiger partial charge is 0.212 e. The van der Waals surface area contributed by atoms with E-state index >= 15 is 0 Å². The molecule has 0 atom stereocenters. The molecule has 1 aromatic heterocycles. The van der Waals surface area contributed by atoms with Gasteiger partial charge in [-0.25, -0.2) is 4.39 Å². The lowest BCUT2D eigenvalue weighted by molar-refractivity contribution is 0.409. The van der Waals surface area contributed by atoms with Crippen LogP contribution in [0, 0.1) is 5.82 Å². The van der Waals surface area contributed by atoms with Gasteiger partial charge < -0.3 is 4.74 Å². The quantitative estimate of drug-likeness (QED) is 0.691. The summed E-state index contributed by atoms with van der Waals surface area (Å²) in [5.41, 5.74) is 2.92. The van der Waals surface area contributed by atoms with Crippen LogP contribution in [0.25, 0.3) is 0 Å². The van der Waals surface area contributed by atoms with Gasteiger partial charge in [0, 0.05) is 12.2 Å². The van der Waals surface area contributed by atoms with Crippen molar-refractivity contribution in [2.24, 2.45) is 5.10 Å². The summed E-state index contributed by atoms with van der Waals surface area (Å²) >= 11 is 1.59. The number of nitrogens with zero attached hydrogens (tertiary/aromatic N) is 4. The maximum atomic E-state index is 13.2. The average Bonchev–Trinajstić information content (AvgIpc) is 3.09. The fraction of sp³-hybridized carbons (Fsp3) is 0.211. The first-order valence-electron chi connectivity index (χ1n) is 8.27. The lowest BCUT2D eigenvalue weighted by Crippen LogP contribution is -2.15. The van der Waals surface area contributed by atoms with E-state index in [2.05, 4.69) is 10.2 Å². The lowest BCUT2D eigenvalue weighted by atomic mass is 10.1. The number of halogens is 1. The topological polar surface area (TPSA) is 52.3 Å². The number of thioether (sulfide) groups is 1. The molecule has 0 spiro atoms. The SMILES string of the molecule is COc1ccccc1CCc1nnc2n1N=C(c1ccc(F)cc1)CS2. The fourth-order valence-electron chi connectivity index (χ4n) is 2.86. The molecule has 4 rings (SSSR count). The monoisotopic (exact) mass is 368 g/mol. The van der Waals surface area contributed by atoms with Gasteiger partial charge in [0.2, 0.25) is 5.16 Å². The predicted octanol–water partition coefficient (Wildman–Crippen LogP) is 3.57. The van der Waals surface area contributed by atoms with E-state index in [0.717, 1.165) is 40.0 Å². The first kappa shape index (κ1) is 16.8. The molecule has 3 aromatic rings. The minimum atomic E-state index is -0.250. The number of fused-ring (bicyclic) bond motifs is 1. The van der Waals surface area contributed by atoms with E-state index in [1.807, 2.05) is 24.3 Å². The lowest BCUT2D eigenvalue weighted by Gasteiger charge is -2.14. The maximum absolute atomic E-state index is 13.2. The van der Waals surface area contributed by atoms with Crippen molar-refractivity contribution in [3.05, 3.63) is 71.3 Å². The number of aromatic nitrogens is 3. The Morgan fingerprint density at radius 1 is 1.08 bits per heavy atom. The summed E-state index contributed by atoms with van der Waals surface area (Å²) in [5.74, 6) is 2.12. The van der Waals surface area contributed by atoms with Gasteiger partial charge in [-0.1, -0.05) is 42.1 Å². The largest absolute Gasteiger partial charge is 0.496 e. The molecule has 0 unspecified atom stereocenters. The zero-order chi connectivity index (χ0) is 17.9. The van der Waals surface area contributed by atoms with Crippen molar-refractivity contribution < 1.29 is 9.13 Å². The molecule has 1 aliphatic heterocycles. The molecule has 0 amide bonds. The number of hydrogen-bond donors (Lipinski definition) is 0. The van der Waals surface area contributed by atoms with Gasteiger partial charge in [-0.15, -0.1) is 10.2 Å². The van der Waals surface area contributed by atoms with Crippen LogP contribution < -0.4 is 4.74 Å². The van der Waals surface area contributed by atoms with Crippen molar-refractivity contribution in [1.82, 2.24) is 14.9 Å². The molecule has 0 aliphatic carbocycles. The molecule has 26 heavy (non-hydrogen) atoms. The van der Waals surface area contributed by atoms with Crippen LogP contribution in [0.1, 0.15) is 17.0 Å². The molecule has 0 N–H and O–H groups in total. The highest BCUT2D eigenvalue weighted by Gasteiger charge is 2.20. The molecule has 5 nitrogen and oxygen atoms in total. The predicted molar refractivity (Wildman–Crippen MR) is 99.5 cm³/mol. The first-order chi connectivity index (χ1) is 12.7. The summed E-state index contributed by atoms with van der Waals surface area (Å²) in [4.78, 5) is 0. The van der Waals surface area contributed by atoms with E-state index in [1.54, 1.807) is 35.7 Å². The Morgan fingerprint density at radius 3 is 2.69 bits per heavy atom. The molecular formula is C19H17FN4OS. The first-order valence-corrected chi connectivity index (χ1v) is 9.26. The van der Waals surface area contributed by atoms with Gasteiger partial charge in [0.05, 0.1) is 12.8 Å². The molecule has 2 heterocycles. The minimum absolute atomic E-state index is 0.250. The molecular weight excluding hydrogens is 351 g/mol. The molecule has 132 valence electrons. The van der Waals surface area contributed by atoms with Gasteiger partial charge >= 0.3 is 0 Å². The highest BCUT2D eigenvalue weighted by molar-refractivity contribution is 7.99. The Labute approximate surface area is 154 Å². The van der Waals surface area contributed by atoms with Gasteiger partial charge in [-0.05, 0) is 35.7 Å². The average molecular weight is 368 g/mol. The van der Waals surface area contributed by atoms with Crippen LogP contribution >= 0.6 is 11.8 Å². The van der Waals surface area contributed by atoms with Crippen molar-refractivity contribution in [1.29, 1.82) is 0 Å².